The van der Waals surface area contributed by atoms with E-state index in [-0.39, 0.29) is 10.7 Å². The highest BCUT2D eigenvalue weighted by Crippen LogP contribution is 2.34. The molecule has 156 valence electrons. The van der Waals surface area contributed by atoms with Crippen LogP contribution in [-0.4, -0.2) is 27.1 Å². The summed E-state index contributed by atoms with van der Waals surface area (Å²) in [5.74, 6) is -0.502. The first kappa shape index (κ1) is 22.5. The number of carbonyl (C=O) groups excluding carboxylic acids is 1. The average molecular weight is 481 g/mol. The third-order valence-corrected chi connectivity index (χ3v) is 6.76. The molecule has 0 saturated heterocycles. The van der Waals surface area contributed by atoms with Gasteiger partial charge in [-0.15, -0.1) is 0 Å². The van der Waals surface area contributed by atoms with E-state index in [2.05, 4.69) is 5.32 Å². The normalized spacial score (nSPS) is 11.2. The Labute approximate surface area is 190 Å². The summed E-state index contributed by atoms with van der Waals surface area (Å²) >= 11 is 13.6. The Balaban J connectivity index is 1.82. The number of rotatable bonds is 7. The minimum Gasteiger partial charge on any atom is -0.323 e. The van der Waals surface area contributed by atoms with Crippen LogP contribution in [0.2, 0.25) is 10.0 Å². The van der Waals surface area contributed by atoms with Crippen molar-refractivity contribution in [1.82, 2.24) is 0 Å². The van der Waals surface area contributed by atoms with E-state index in [1.807, 2.05) is 42.5 Å². The van der Waals surface area contributed by atoms with Gasteiger partial charge in [-0.3, -0.25) is 9.10 Å². The van der Waals surface area contributed by atoms with Gasteiger partial charge in [-0.05, 0) is 42.5 Å². The first-order chi connectivity index (χ1) is 14.2. The van der Waals surface area contributed by atoms with E-state index in [4.69, 9.17) is 23.2 Å². The van der Waals surface area contributed by atoms with Gasteiger partial charge in [0.1, 0.15) is 6.54 Å². The number of sulfonamides is 1. The number of amides is 1. The van der Waals surface area contributed by atoms with E-state index >= 15 is 0 Å². The van der Waals surface area contributed by atoms with Crippen molar-refractivity contribution in [3.63, 3.8) is 0 Å². The van der Waals surface area contributed by atoms with Gasteiger partial charge < -0.3 is 5.32 Å². The van der Waals surface area contributed by atoms with Crippen molar-refractivity contribution >= 4 is 62.3 Å². The predicted molar refractivity (Wildman–Crippen MR) is 124 cm³/mol. The Kier molecular flexibility index (Phi) is 7.31. The highest BCUT2D eigenvalue weighted by molar-refractivity contribution is 7.99. The molecule has 0 spiro atoms. The van der Waals surface area contributed by atoms with Crippen molar-refractivity contribution in [1.29, 1.82) is 0 Å². The molecule has 0 unspecified atom stereocenters. The van der Waals surface area contributed by atoms with Gasteiger partial charge in [0, 0.05) is 14.8 Å². The molecule has 0 aromatic heterocycles. The topological polar surface area (TPSA) is 66.5 Å². The molecule has 0 aliphatic heterocycles. The molecule has 5 nitrogen and oxygen atoms in total. The van der Waals surface area contributed by atoms with Gasteiger partial charge in [0.05, 0.1) is 22.7 Å². The van der Waals surface area contributed by atoms with E-state index in [9.17, 15) is 13.2 Å². The number of nitrogens with zero attached hydrogens (tertiary/aromatic N) is 1. The van der Waals surface area contributed by atoms with Crippen LogP contribution in [0.25, 0.3) is 0 Å². The van der Waals surface area contributed by atoms with Crippen LogP contribution in [0.5, 0.6) is 0 Å². The third kappa shape index (κ3) is 5.92. The van der Waals surface area contributed by atoms with Crippen LogP contribution in [0, 0.1) is 0 Å². The molecule has 0 radical (unpaired) electrons. The maximum Gasteiger partial charge on any atom is 0.245 e. The van der Waals surface area contributed by atoms with Crippen molar-refractivity contribution in [2.45, 2.75) is 9.79 Å². The van der Waals surface area contributed by atoms with Crippen molar-refractivity contribution in [3.8, 4) is 0 Å². The second-order valence-electron chi connectivity index (χ2n) is 6.32. The second kappa shape index (κ2) is 9.75. The molecule has 0 heterocycles. The highest BCUT2D eigenvalue weighted by atomic mass is 35.5. The zero-order valence-electron chi connectivity index (χ0n) is 15.9. The van der Waals surface area contributed by atoms with Crippen molar-refractivity contribution in [2.24, 2.45) is 0 Å². The molecule has 0 bridgehead atoms. The summed E-state index contributed by atoms with van der Waals surface area (Å²) in [7, 11) is -3.78. The standard InChI is InChI=1S/C21H18Cl2N2O3S2/c1-30(27,28)25(19-13-15(22)11-12-17(19)23)14-21(26)24-18-9-5-6-10-20(18)29-16-7-3-2-4-8-16/h2-13H,14H2,1H3,(H,24,26). The minimum atomic E-state index is -3.78. The fourth-order valence-electron chi connectivity index (χ4n) is 2.65. The SMILES string of the molecule is CS(=O)(=O)N(CC(=O)Nc1ccccc1Sc1ccccc1)c1cc(Cl)ccc1Cl. The van der Waals surface area contributed by atoms with Crippen molar-refractivity contribution < 1.29 is 13.2 Å². The smallest absolute Gasteiger partial charge is 0.245 e. The monoisotopic (exact) mass is 480 g/mol. The van der Waals surface area contributed by atoms with Crippen LogP contribution < -0.4 is 9.62 Å². The van der Waals surface area contributed by atoms with E-state index in [1.165, 1.54) is 23.9 Å². The molecule has 1 N–H and O–H groups in total. The summed E-state index contributed by atoms with van der Waals surface area (Å²) in [5.41, 5.74) is 0.732. The molecule has 0 aliphatic rings. The second-order valence-corrected chi connectivity index (χ2v) is 10.2. The lowest BCUT2D eigenvalue weighted by Crippen LogP contribution is -2.37. The Hall–Kier alpha value is -2.19. The molecular formula is C21H18Cl2N2O3S2. The number of halogens is 2. The molecule has 0 atom stereocenters. The quantitative estimate of drug-likeness (QED) is 0.481. The number of hydrogen-bond acceptors (Lipinski definition) is 4. The summed E-state index contributed by atoms with van der Waals surface area (Å²) in [5, 5.41) is 3.29. The Morgan fingerprint density at radius 1 is 1.00 bits per heavy atom. The molecule has 9 heteroatoms. The Bertz CT molecular complexity index is 1160. The van der Waals surface area contributed by atoms with Gasteiger partial charge >= 0.3 is 0 Å². The predicted octanol–water partition coefficient (Wildman–Crippen LogP) is 5.55. The fourth-order valence-corrected chi connectivity index (χ4v) is 4.87. The zero-order chi connectivity index (χ0) is 21.7. The Morgan fingerprint density at radius 2 is 1.67 bits per heavy atom. The first-order valence-corrected chi connectivity index (χ1v) is 12.2. The summed E-state index contributed by atoms with van der Waals surface area (Å²) in [6, 6.07) is 21.5. The Morgan fingerprint density at radius 3 is 2.37 bits per heavy atom. The summed E-state index contributed by atoms with van der Waals surface area (Å²) < 4.78 is 25.6. The molecule has 1 amide bonds. The summed E-state index contributed by atoms with van der Waals surface area (Å²) in [4.78, 5) is 14.6. The van der Waals surface area contributed by atoms with Crippen LogP contribution in [0.15, 0.2) is 82.6 Å². The molecule has 3 aromatic rings. The number of anilines is 2. The lowest BCUT2D eigenvalue weighted by atomic mass is 10.3. The molecule has 3 rings (SSSR count). The van der Waals surface area contributed by atoms with Crippen LogP contribution in [0.4, 0.5) is 11.4 Å². The maximum atomic E-state index is 12.7. The van der Waals surface area contributed by atoms with Gasteiger partial charge in [0.15, 0.2) is 0 Å². The lowest BCUT2D eigenvalue weighted by Gasteiger charge is -2.23. The number of hydrogen-bond donors (Lipinski definition) is 1. The summed E-state index contributed by atoms with van der Waals surface area (Å²) in [6.07, 6.45) is 1.01. The van der Waals surface area contributed by atoms with Crippen LogP contribution >= 0.6 is 35.0 Å². The summed E-state index contributed by atoms with van der Waals surface area (Å²) in [6.45, 7) is -0.441. The fraction of sp³-hybridized carbons (Fsp3) is 0.0952. The molecule has 0 saturated carbocycles. The van der Waals surface area contributed by atoms with Gasteiger partial charge in [-0.25, -0.2) is 8.42 Å². The first-order valence-electron chi connectivity index (χ1n) is 8.78. The van der Waals surface area contributed by atoms with E-state index in [0.717, 1.165) is 20.4 Å². The minimum absolute atomic E-state index is 0.147. The van der Waals surface area contributed by atoms with E-state index in [1.54, 1.807) is 18.2 Å². The van der Waals surface area contributed by atoms with Crippen molar-refractivity contribution in [3.05, 3.63) is 82.8 Å². The largest absolute Gasteiger partial charge is 0.323 e. The number of nitrogens with one attached hydrogen (secondary N) is 1. The third-order valence-electron chi connectivity index (χ3n) is 4.00. The van der Waals surface area contributed by atoms with Gasteiger partial charge in [0.25, 0.3) is 0 Å². The average Bonchev–Trinajstić information content (AvgIpc) is 2.70. The molecule has 0 fully saturated rings. The zero-order valence-corrected chi connectivity index (χ0v) is 19.0. The number of para-hydroxylation sites is 1. The highest BCUT2D eigenvalue weighted by Gasteiger charge is 2.24. The maximum absolute atomic E-state index is 12.7. The van der Waals surface area contributed by atoms with Gasteiger partial charge in [-0.2, -0.15) is 0 Å². The molecule has 30 heavy (non-hydrogen) atoms. The van der Waals surface area contributed by atoms with Crippen LogP contribution in [-0.2, 0) is 14.8 Å². The van der Waals surface area contributed by atoms with Crippen LogP contribution in [0.3, 0.4) is 0 Å². The molecular weight excluding hydrogens is 463 g/mol. The van der Waals surface area contributed by atoms with E-state index in [0.29, 0.717) is 10.7 Å². The lowest BCUT2D eigenvalue weighted by molar-refractivity contribution is -0.114. The van der Waals surface area contributed by atoms with Crippen molar-refractivity contribution in [2.75, 3.05) is 22.4 Å². The number of benzene rings is 3. The number of carbonyl (C=O) groups is 1. The van der Waals surface area contributed by atoms with Crippen LogP contribution in [0.1, 0.15) is 0 Å². The van der Waals surface area contributed by atoms with E-state index < -0.39 is 22.5 Å². The van der Waals surface area contributed by atoms with Gasteiger partial charge in [-0.1, -0.05) is 65.3 Å². The molecule has 0 aliphatic carbocycles. The van der Waals surface area contributed by atoms with Gasteiger partial charge in [0.2, 0.25) is 15.9 Å². The molecule has 3 aromatic carbocycles.